The van der Waals surface area contributed by atoms with Gasteiger partial charge in [0, 0.05) is 44.1 Å². The van der Waals surface area contributed by atoms with Crippen molar-refractivity contribution >= 4 is 23.2 Å². The number of nitrogens with zero attached hydrogens (tertiary/aromatic N) is 5. The zero-order valence-corrected chi connectivity index (χ0v) is 16.7. The summed E-state index contributed by atoms with van der Waals surface area (Å²) < 4.78 is 0. The molecule has 0 spiro atoms. The highest BCUT2D eigenvalue weighted by atomic mass is 16.1. The van der Waals surface area contributed by atoms with Crippen LogP contribution < -0.4 is 15.1 Å². The minimum atomic E-state index is -0.227. The molecule has 7 nitrogen and oxygen atoms in total. The predicted octanol–water partition coefficient (Wildman–Crippen LogP) is 3.07. The number of hydrogen-bond donors (Lipinski definition) is 1. The molecule has 1 aromatic carbocycles. The number of nitrogens with one attached hydrogen (secondary N) is 1. The predicted molar refractivity (Wildman–Crippen MR) is 115 cm³/mol. The summed E-state index contributed by atoms with van der Waals surface area (Å²) in [7, 11) is 0. The lowest BCUT2D eigenvalue weighted by molar-refractivity contribution is 0.102. The van der Waals surface area contributed by atoms with Crippen LogP contribution in [0.4, 0.5) is 17.3 Å². The van der Waals surface area contributed by atoms with E-state index in [1.54, 1.807) is 6.07 Å². The topological polar surface area (TPSA) is 74.2 Å². The molecule has 1 aliphatic heterocycles. The molecule has 3 aromatic rings. The normalized spacial score (nSPS) is 14.0. The Bertz CT molecular complexity index is 999. The summed E-state index contributed by atoms with van der Waals surface area (Å²) in [6.07, 6.45) is 1.81. The van der Waals surface area contributed by atoms with Gasteiger partial charge < -0.3 is 15.1 Å². The van der Waals surface area contributed by atoms with Crippen molar-refractivity contribution in [2.45, 2.75) is 13.8 Å². The molecule has 1 amide bonds. The highest BCUT2D eigenvalue weighted by molar-refractivity contribution is 6.03. The number of piperazine rings is 1. The summed E-state index contributed by atoms with van der Waals surface area (Å²) in [6.45, 7) is 7.14. The molecule has 148 valence electrons. The number of hydrogen-bond acceptors (Lipinski definition) is 6. The minimum Gasteiger partial charge on any atom is -0.353 e. The Morgan fingerprint density at radius 1 is 0.897 bits per heavy atom. The highest BCUT2D eigenvalue weighted by Gasteiger charge is 2.21. The average molecular weight is 388 g/mol. The lowest BCUT2D eigenvalue weighted by Gasteiger charge is -2.36. The number of benzene rings is 1. The number of anilines is 3. The SMILES string of the molecule is Cc1cccc(NC(=O)c2cc(N3CCN(c4ccccn4)CC3)nc(C)n2)c1. The van der Waals surface area contributed by atoms with E-state index in [0.29, 0.717) is 11.5 Å². The van der Waals surface area contributed by atoms with Gasteiger partial charge >= 0.3 is 0 Å². The van der Waals surface area contributed by atoms with Crippen LogP contribution in [-0.2, 0) is 0 Å². The number of amides is 1. The third kappa shape index (κ3) is 4.51. The molecule has 1 aliphatic rings. The molecular weight excluding hydrogens is 364 g/mol. The molecule has 29 heavy (non-hydrogen) atoms. The first kappa shape index (κ1) is 18.9. The Morgan fingerprint density at radius 2 is 1.66 bits per heavy atom. The second-order valence-electron chi connectivity index (χ2n) is 7.14. The van der Waals surface area contributed by atoms with Gasteiger partial charge in [-0.15, -0.1) is 0 Å². The van der Waals surface area contributed by atoms with Gasteiger partial charge in [0.2, 0.25) is 0 Å². The lowest BCUT2D eigenvalue weighted by atomic mass is 10.2. The van der Waals surface area contributed by atoms with Crippen LogP contribution in [0.25, 0.3) is 0 Å². The fourth-order valence-electron chi connectivity index (χ4n) is 3.45. The van der Waals surface area contributed by atoms with Crippen LogP contribution in [-0.4, -0.2) is 47.0 Å². The van der Waals surface area contributed by atoms with Crippen LogP contribution in [0, 0.1) is 13.8 Å². The first-order chi connectivity index (χ1) is 14.1. The Balaban J connectivity index is 1.46. The summed E-state index contributed by atoms with van der Waals surface area (Å²) in [5, 5.41) is 2.92. The Morgan fingerprint density at radius 3 is 2.34 bits per heavy atom. The largest absolute Gasteiger partial charge is 0.353 e. The number of carbonyl (C=O) groups is 1. The van der Waals surface area contributed by atoms with Gasteiger partial charge in [-0.05, 0) is 43.7 Å². The van der Waals surface area contributed by atoms with Gasteiger partial charge in [-0.1, -0.05) is 18.2 Å². The summed E-state index contributed by atoms with van der Waals surface area (Å²) >= 11 is 0. The molecule has 0 aliphatic carbocycles. The quantitative estimate of drug-likeness (QED) is 0.740. The lowest BCUT2D eigenvalue weighted by Crippen LogP contribution is -2.47. The molecule has 0 saturated carbocycles. The first-order valence-electron chi connectivity index (χ1n) is 9.73. The number of aryl methyl sites for hydroxylation is 2. The van der Waals surface area contributed by atoms with E-state index in [0.717, 1.165) is 49.1 Å². The van der Waals surface area contributed by atoms with Crippen molar-refractivity contribution < 1.29 is 4.79 Å². The number of rotatable bonds is 4. The van der Waals surface area contributed by atoms with Gasteiger partial charge in [-0.25, -0.2) is 15.0 Å². The summed E-state index contributed by atoms with van der Waals surface area (Å²) in [4.78, 5) is 30.5. The van der Waals surface area contributed by atoms with Gasteiger partial charge in [0.1, 0.15) is 23.2 Å². The first-order valence-corrected chi connectivity index (χ1v) is 9.73. The third-order valence-electron chi connectivity index (χ3n) is 4.91. The molecular formula is C22H24N6O. The second kappa shape index (κ2) is 8.26. The Hall–Kier alpha value is -3.48. The van der Waals surface area contributed by atoms with E-state index >= 15 is 0 Å². The van der Waals surface area contributed by atoms with E-state index in [9.17, 15) is 4.79 Å². The number of carbonyl (C=O) groups excluding carboxylic acids is 1. The fraction of sp³-hybridized carbons (Fsp3) is 0.273. The summed E-state index contributed by atoms with van der Waals surface area (Å²) in [5.41, 5.74) is 2.23. The molecule has 0 radical (unpaired) electrons. The second-order valence-corrected chi connectivity index (χ2v) is 7.14. The van der Waals surface area contributed by atoms with Gasteiger partial charge in [-0.2, -0.15) is 0 Å². The molecule has 1 saturated heterocycles. The number of aromatic nitrogens is 3. The van der Waals surface area contributed by atoms with E-state index < -0.39 is 0 Å². The molecule has 2 aromatic heterocycles. The van der Waals surface area contributed by atoms with E-state index in [-0.39, 0.29) is 5.91 Å². The van der Waals surface area contributed by atoms with E-state index in [1.807, 2.05) is 62.5 Å². The molecule has 7 heteroatoms. The van der Waals surface area contributed by atoms with Crippen molar-refractivity contribution in [2.75, 3.05) is 41.3 Å². The highest BCUT2D eigenvalue weighted by Crippen LogP contribution is 2.19. The standard InChI is InChI=1S/C22H24N6O/c1-16-6-5-7-18(14-16)26-22(29)19-15-21(25-17(2)24-19)28-12-10-27(11-13-28)20-8-3-4-9-23-20/h3-9,14-15H,10-13H2,1-2H3,(H,26,29). The van der Waals surface area contributed by atoms with Crippen LogP contribution >= 0.6 is 0 Å². The van der Waals surface area contributed by atoms with Gasteiger partial charge in [0.25, 0.3) is 5.91 Å². The van der Waals surface area contributed by atoms with E-state index in [4.69, 9.17) is 0 Å². The molecule has 4 rings (SSSR count). The minimum absolute atomic E-state index is 0.227. The molecule has 1 fully saturated rings. The summed E-state index contributed by atoms with van der Waals surface area (Å²) in [5.74, 6) is 2.13. The molecule has 3 heterocycles. The monoisotopic (exact) mass is 388 g/mol. The van der Waals surface area contributed by atoms with Gasteiger partial charge in [-0.3, -0.25) is 4.79 Å². The van der Waals surface area contributed by atoms with E-state index in [2.05, 4.69) is 30.1 Å². The Labute approximate surface area is 170 Å². The maximum atomic E-state index is 12.7. The van der Waals surface area contributed by atoms with Crippen LogP contribution in [0.3, 0.4) is 0 Å². The zero-order valence-electron chi connectivity index (χ0n) is 16.7. The molecule has 0 bridgehead atoms. The summed E-state index contributed by atoms with van der Waals surface area (Å²) in [6, 6.07) is 15.4. The third-order valence-corrected chi connectivity index (χ3v) is 4.91. The Kier molecular flexibility index (Phi) is 5.37. The van der Waals surface area contributed by atoms with Crippen molar-refractivity contribution in [3.05, 3.63) is 71.8 Å². The van der Waals surface area contributed by atoms with Crippen LogP contribution in [0.15, 0.2) is 54.7 Å². The van der Waals surface area contributed by atoms with Gasteiger partial charge in [0.05, 0.1) is 0 Å². The van der Waals surface area contributed by atoms with E-state index in [1.165, 1.54) is 0 Å². The van der Waals surface area contributed by atoms with Crippen LogP contribution in [0.5, 0.6) is 0 Å². The average Bonchev–Trinajstić information content (AvgIpc) is 2.74. The smallest absolute Gasteiger partial charge is 0.274 e. The van der Waals surface area contributed by atoms with Crippen molar-refractivity contribution in [3.63, 3.8) is 0 Å². The van der Waals surface area contributed by atoms with Gasteiger partial charge in [0.15, 0.2) is 0 Å². The molecule has 1 N–H and O–H groups in total. The number of pyridine rings is 1. The van der Waals surface area contributed by atoms with Crippen molar-refractivity contribution in [2.24, 2.45) is 0 Å². The van der Waals surface area contributed by atoms with Crippen molar-refractivity contribution in [3.8, 4) is 0 Å². The van der Waals surface area contributed by atoms with Crippen molar-refractivity contribution in [1.29, 1.82) is 0 Å². The maximum absolute atomic E-state index is 12.7. The fourth-order valence-corrected chi connectivity index (χ4v) is 3.45. The van der Waals surface area contributed by atoms with Crippen LogP contribution in [0.1, 0.15) is 21.9 Å². The molecule has 0 atom stereocenters. The van der Waals surface area contributed by atoms with Crippen molar-refractivity contribution in [1.82, 2.24) is 15.0 Å². The maximum Gasteiger partial charge on any atom is 0.274 e. The zero-order chi connectivity index (χ0) is 20.2. The van der Waals surface area contributed by atoms with Crippen LogP contribution in [0.2, 0.25) is 0 Å². The molecule has 0 unspecified atom stereocenters.